The van der Waals surface area contributed by atoms with Crippen molar-refractivity contribution >= 4 is 23.0 Å². The molecule has 0 aliphatic rings. The lowest BCUT2D eigenvalue weighted by molar-refractivity contribution is 0.354. The number of aromatic nitrogens is 1. The first-order valence-electron chi connectivity index (χ1n) is 8.43. The van der Waals surface area contributed by atoms with Gasteiger partial charge in [0, 0.05) is 16.5 Å². The Labute approximate surface area is 163 Å². The minimum Gasteiger partial charge on any atom is -0.493 e. The number of methoxy groups -OCH3 is 2. The second-order valence-electron chi connectivity index (χ2n) is 6.11. The van der Waals surface area contributed by atoms with Crippen molar-refractivity contribution in [1.82, 2.24) is 4.98 Å². The van der Waals surface area contributed by atoms with E-state index in [9.17, 15) is 5.26 Å². The highest BCUT2D eigenvalue weighted by Crippen LogP contribution is 2.34. The van der Waals surface area contributed by atoms with Gasteiger partial charge in [-0.3, -0.25) is 0 Å². The van der Waals surface area contributed by atoms with Crippen LogP contribution in [0.1, 0.15) is 21.7 Å². The molecule has 3 rings (SSSR count). The maximum atomic E-state index is 9.68. The van der Waals surface area contributed by atoms with Gasteiger partial charge in [-0.15, -0.1) is 11.3 Å². The lowest BCUT2D eigenvalue weighted by atomic mass is 10.0. The molecule has 4 nitrogen and oxygen atoms in total. The van der Waals surface area contributed by atoms with Crippen LogP contribution in [0.25, 0.3) is 22.9 Å². The van der Waals surface area contributed by atoms with Crippen LogP contribution in [0, 0.1) is 25.2 Å². The lowest BCUT2D eigenvalue weighted by Gasteiger charge is -2.10. The Morgan fingerprint density at radius 1 is 1.15 bits per heavy atom. The van der Waals surface area contributed by atoms with E-state index in [1.54, 1.807) is 20.3 Å². The van der Waals surface area contributed by atoms with Crippen LogP contribution in [0.2, 0.25) is 0 Å². The highest BCUT2D eigenvalue weighted by Gasteiger charge is 2.13. The molecule has 0 bridgehead atoms. The summed E-state index contributed by atoms with van der Waals surface area (Å²) < 4.78 is 10.8. The lowest BCUT2D eigenvalue weighted by Crippen LogP contribution is -1.93. The van der Waals surface area contributed by atoms with E-state index in [0.29, 0.717) is 22.1 Å². The number of aryl methyl sites for hydroxylation is 2. The molecule has 0 fully saturated rings. The zero-order chi connectivity index (χ0) is 19.4. The third-order valence-electron chi connectivity index (χ3n) is 4.25. The van der Waals surface area contributed by atoms with Crippen molar-refractivity contribution in [2.75, 3.05) is 14.2 Å². The van der Waals surface area contributed by atoms with Crippen molar-refractivity contribution in [2.45, 2.75) is 13.8 Å². The fourth-order valence-corrected chi connectivity index (χ4v) is 3.73. The number of nitrogens with zero attached hydrogens (tertiary/aromatic N) is 2. The standard InChI is InChI=1S/C22H20N2O2S/c1-14-8-9-18(15(2)10-14)19-13-27-22(24-19)17(12-23)11-16-6-5-7-20(25-3)21(16)26-4/h5-11,13H,1-4H3/b17-11-. The third-order valence-corrected chi connectivity index (χ3v) is 5.12. The summed E-state index contributed by atoms with van der Waals surface area (Å²) in [5, 5.41) is 12.3. The first-order valence-corrected chi connectivity index (χ1v) is 9.31. The summed E-state index contributed by atoms with van der Waals surface area (Å²) >= 11 is 1.46. The van der Waals surface area contributed by atoms with Gasteiger partial charge in [-0.05, 0) is 31.6 Å². The molecule has 5 heteroatoms. The van der Waals surface area contributed by atoms with Gasteiger partial charge in [0.2, 0.25) is 0 Å². The van der Waals surface area contributed by atoms with Crippen molar-refractivity contribution in [3.63, 3.8) is 0 Å². The van der Waals surface area contributed by atoms with Gasteiger partial charge < -0.3 is 9.47 Å². The Morgan fingerprint density at radius 3 is 2.63 bits per heavy atom. The number of thiazole rings is 1. The van der Waals surface area contributed by atoms with Gasteiger partial charge >= 0.3 is 0 Å². The van der Waals surface area contributed by atoms with Crippen LogP contribution in [-0.2, 0) is 0 Å². The quantitative estimate of drug-likeness (QED) is 0.551. The molecule has 1 aromatic heterocycles. The van der Waals surface area contributed by atoms with E-state index < -0.39 is 0 Å². The van der Waals surface area contributed by atoms with Crippen LogP contribution >= 0.6 is 11.3 Å². The predicted octanol–water partition coefficient (Wildman–Crippen LogP) is 5.51. The smallest absolute Gasteiger partial charge is 0.167 e. The van der Waals surface area contributed by atoms with E-state index in [1.165, 1.54) is 22.5 Å². The molecule has 0 saturated carbocycles. The summed E-state index contributed by atoms with van der Waals surface area (Å²) in [4.78, 5) is 4.69. The molecule has 2 aromatic carbocycles. The number of para-hydroxylation sites is 1. The highest BCUT2D eigenvalue weighted by atomic mass is 32.1. The van der Waals surface area contributed by atoms with E-state index in [1.807, 2.05) is 23.6 Å². The van der Waals surface area contributed by atoms with Gasteiger partial charge in [-0.25, -0.2) is 4.98 Å². The maximum Gasteiger partial charge on any atom is 0.167 e. The van der Waals surface area contributed by atoms with E-state index >= 15 is 0 Å². The van der Waals surface area contributed by atoms with Crippen LogP contribution in [0.5, 0.6) is 11.5 Å². The summed E-state index contributed by atoms with van der Waals surface area (Å²) in [6, 6.07) is 14.1. The molecule has 0 radical (unpaired) electrons. The van der Waals surface area contributed by atoms with E-state index in [4.69, 9.17) is 14.5 Å². The molecular weight excluding hydrogens is 356 g/mol. The van der Waals surface area contributed by atoms with Gasteiger partial charge in [0.25, 0.3) is 0 Å². The van der Waals surface area contributed by atoms with Crippen molar-refractivity contribution < 1.29 is 9.47 Å². The molecule has 136 valence electrons. The molecular formula is C22H20N2O2S. The summed E-state index contributed by atoms with van der Waals surface area (Å²) in [6.07, 6.45) is 1.78. The van der Waals surface area contributed by atoms with Gasteiger partial charge in [-0.1, -0.05) is 35.9 Å². The number of hydrogen-bond donors (Lipinski definition) is 0. The number of nitriles is 1. The topological polar surface area (TPSA) is 55.1 Å². The number of hydrogen-bond acceptors (Lipinski definition) is 5. The normalized spacial score (nSPS) is 11.1. The first-order chi connectivity index (χ1) is 13.1. The fourth-order valence-electron chi connectivity index (χ4n) is 2.95. The van der Waals surface area contributed by atoms with E-state index in [-0.39, 0.29) is 0 Å². The second kappa shape index (κ2) is 8.07. The number of ether oxygens (including phenoxy) is 2. The Bertz CT molecular complexity index is 1040. The summed E-state index contributed by atoms with van der Waals surface area (Å²) in [5.41, 5.74) is 5.61. The Kier molecular flexibility index (Phi) is 5.58. The SMILES string of the molecule is COc1cccc(/C=C(/C#N)c2nc(-c3ccc(C)cc3C)cs2)c1OC. The average Bonchev–Trinajstić information content (AvgIpc) is 3.15. The van der Waals surface area contributed by atoms with Gasteiger partial charge in [0.1, 0.15) is 11.1 Å². The van der Waals surface area contributed by atoms with Gasteiger partial charge in [0.15, 0.2) is 11.5 Å². The summed E-state index contributed by atoms with van der Waals surface area (Å²) in [6.45, 7) is 4.14. The van der Waals surface area contributed by atoms with Crippen LogP contribution < -0.4 is 9.47 Å². The minimum atomic E-state index is 0.488. The maximum absolute atomic E-state index is 9.68. The molecule has 0 aliphatic heterocycles. The first kappa shape index (κ1) is 18.7. The molecule has 0 spiro atoms. The Hall–Kier alpha value is -3.10. The fraction of sp³-hybridized carbons (Fsp3) is 0.182. The molecule has 0 amide bonds. The number of benzene rings is 2. The average molecular weight is 376 g/mol. The number of allylic oxidation sites excluding steroid dienone is 1. The van der Waals surface area contributed by atoms with E-state index in [2.05, 4.69) is 38.1 Å². The summed E-state index contributed by atoms with van der Waals surface area (Å²) in [5.74, 6) is 1.22. The van der Waals surface area contributed by atoms with Crippen LogP contribution in [0.4, 0.5) is 0 Å². The number of rotatable bonds is 5. The van der Waals surface area contributed by atoms with Gasteiger partial charge in [-0.2, -0.15) is 5.26 Å². The van der Waals surface area contributed by atoms with Crippen LogP contribution in [0.15, 0.2) is 41.8 Å². The van der Waals surface area contributed by atoms with Crippen LogP contribution in [-0.4, -0.2) is 19.2 Å². The third kappa shape index (κ3) is 3.86. The Morgan fingerprint density at radius 2 is 1.96 bits per heavy atom. The molecule has 0 unspecified atom stereocenters. The molecule has 0 aliphatic carbocycles. The highest BCUT2D eigenvalue weighted by molar-refractivity contribution is 7.11. The molecule has 3 aromatic rings. The van der Waals surface area contributed by atoms with Crippen molar-refractivity contribution in [1.29, 1.82) is 5.26 Å². The van der Waals surface area contributed by atoms with Gasteiger partial charge in [0.05, 0.1) is 25.5 Å². The predicted molar refractivity (Wildman–Crippen MR) is 110 cm³/mol. The van der Waals surface area contributed by atoms with Crippen molar-refractivity contribution in [2.24, 2.45) is 0 Å². The largest absolute Gasteiger partial charge is 0.493 e. The zero-order valence-corrected chi connectivity index (χ0v) is 16.6. The van der Waals surface area contributed by atoms with Crippen molar-refractivity contribution in [3.8, 4) is 28.8 Å². The Balaban J connectivity index is 2.02. The molecule has 0 saturated heterocycles. The monoisotopic (exact) mass is 376 g/mol. The molecule has 27 heavy (non-hydrogen) atoms. The van der Waals surface area contributed by atoms with E-state index in [0.717, 1.165) is 16.8 Å². The summed E-state index contributed by atoms with van der Waals surface area (Å²) in [7, 11) is 3.18. The second-order valence-corrected chi connectivity index (χ2v) is 6.97. The zero-order valence-electron chi connectivity index (χ0n) is 15.7. The molecule has 1 heterocycles. The van der Waals surface area contributed by atoms with Crippen LogP contribution in [0.3, 0.4) is 0 Å². The van der Waals surface area contributed by atoms with Crippen molar-refractivity contribution in [3.05, 3.63) is 63.5 Å². The molecule has 0 N–H and O–H groups in total. The molecule has 0 atom stereocenters. The minimum absolute atomic E-state index is 0.488.